The Morgan fingerprint density at radius 1 is 1.08 bits per heavy atom. The van der Waals surface area contributed by atoms with Gasteiger partial charge in [-0.15, -0.1) is 10.2 Å². The highest BCUT2D eigenvalue weighted by Crippen LogP contribution is 2.20. The van der Waals surface area contributed by atoms with Gasteiger partial charge in [0, 0.05) is 25.5 Å². The molecular weight excluding hydrogens is 330 g/mol. The van der Waals surface area contributed by atoms with Crippen LogP contribution in [0.4, 0.5) is 5.69 Å². The van der Waals surface area contributed by atoms with Crippen LogP contribution in [0.1, 0.15) is 16.7 Å². The van der Waals surface area contributed by atoms with Crippen molar-refractivity contribution in [2.45, 2.75) is 17.8 Å². The van der Waals surface area contributed by atoms with Crippen molar-refractivity contribution in [3.8, 4) is 0 Å². The molecule has 3 rings (SSSR count). The van der Waals surface area contributed by atoms with E-state index in [-0.39, 0.29) is 0 Å². The number of benzene rings is 2. The first kappa shape index (κ1) is 17.2. The summed E-state index contributed by atoms with van der Waals surface area (Å²) in [6, 6.07) is 16.7. The highest BCUT2D eigenvalue weighted by atomic mass is 32.2. The lowest BCUT2D eigenvalue weighted by Crippen LogP contribution is -2.08. The monoisotopic (exact) mass is 351 g/mol. The molecule has 0 aliphatic rings. The minimum absolute atomic E-state index is 0.779. The Morgan fingerprint density at radius 3 is 2.48 bits per heavy atom. The van der Waals surface area contributed by atoms with Gasteiger partial charge >= 0.3 is 0 Å². The first-order valence-electron chi connectivity index (χ1n) is 8.02. The van der Waals surface area contributed by atoms with Crippen molar-refractivity contribution in [2.75, 3.05) is 19.0 Å². The summed E-state index contributed by atoms with van der Waals surface area (Å²) >= 11 is 1.62. The molecule has 0 atom stereocenters. The van der Waals surface area contributed by atoms with Gasteiger partial charge in [0.05, 0.1) is 6.21 Å². The van der Waals surface area contributed by atoms with E-state index in [4.69, 9.17) is 0 Å². The van der Waals surface area contributed by atoms with Gasteiger partial charge in [-0.2, -0.15) is 9.78 Å². The summed E-state index contributed by atoms with van der Waals surface area (Å²) in [6.45, 7) is 2.09. The zero-order valence-corrected chi connectivity index (χ0v) is 15.4. The molecule has 0 aliphatic carbocycles. The number of rotatable bonds is 6. The molecule has 0 radical (unpaired) electrons. The van der Waals surface area contributed by atoms with E-state index < -0.39 is 0 Å². The highest BCUT2D eigenvalue weighted by Gasteiger charge is 2.04. The molecule has 3 aromatic rings. The molecular formula is C19H21N5S. The molecule has 0 spiro atoms. The van der Waals surface area contributed by atoms with Gasteiger partial charge in [0.25, 0.3) is 0 Å². The van der Waals surface area contributed by atoms with Crippen molar-refractivity contribution in [2.24, 2.45) is 5.10 Å². The Balaban J connectivity index is 1.65. The zero-order valence-electron chi connectivity index (χ0n) is 14.6. The maximum Gasteiger partial charge on any atom is 0.212 e. The maximum absolute atomic E-state index is 4.47. The van der Waals surface area contributed by atoms with Crippen molar-refractivity contribution in [1.82, 2.24) is 14.9 Å². The van der Waals surface area contributed by atoms with E-state index in [0.717, 1.165) is 22.2 Å². The second kappa shape index (κ2) is 7.98. The molecule has 5 nitrogen and oxygen atoms in total. The fraction of sp³-hybridized carbons (Fsp3) is 0.211. The van der Waals surface area contributed by atoms with E-state index in [1.54, 1.807) is 22.8 Å². The average molecular weight is 351 g/mol. The molecule has 1 aromatic heterocycles. The lowest BCUT2D eigenvalue weighted by atomic mass is 10.2. The summed E-state index contributed by atoms with van der Waals surface area (Å²) < 4.78 is 1.71. The van der Waals surface area contributed by atoms with Crippen molar-refractivity contribution >= 4 is 23.7 Å². The third-order valence-corrected chi connectivity index (χ3v) is 4.73. The van der Waals surface area contributed by atoms with Gasteiger partial charge < -0.3 is 4.90 Å². The van der Waals surface area contributed by atoms with Crippen LogP contribution in [-0.4, -0.2) is 35.2 Å². The lowest BCUT2D eigenvalue weighted by molar-refractivity contribution is 0.767. The van der Waals surface area contributed by atoms with Crippen LogP contribution in [-0.2, 0) is 5.75 Å². The second-order valence-electron chi connectivity index (χ2n) is 5.96. The van der Waals surface area contributed by atoms with Gasteiger partial charge in [0.2, 0.25) is 5.16 Å². The van der Waals surface area contributed by atoms with E-state index >= 15 is 0 Å². The largest absolute Gasteiger partial charge is 0.378 e. The molecule has 0 fully saturated rings. The molecule has 25 heavy (non-hydrogen) atoms. The molecule has 128 valence electrons. The van der Waals surface area contributed by atoms with Crippen LogP contribution in [0.2, 0.25) is 0 Å². The molecule has 0 saturated carbocycles. The zero-order chi connectivity index (χ0) is 17.6. The number of nitrogens with zero attached hydrogens (tertiary/aromatic N) is 5. The molecule has 0 saturated heterocycles. The molecule has 2 aromatic carbocycles. The predicted octanol–water partition coefficient (Wildman–Crippen LogP) is 3.83. The molecule has 0 bridgehead atoms. The highest BCUT2D eigenvalue weighted by molar-refractivity contribution is 7.98. The van der Waals surface area contributed by atoms with E-state index in [1.807, 2.05) is 32.4 Å². The molecule has 0 aliphatic heterocycles. The fourth-order valence-electron chi connectivity index (χ4n) is 2.21. The van der Waals surface area contributed by atoms with Gasteiger partial charge in [0.15, 0.2) is 0 Å². The lowest BCUT2D eigenvalue weighted by Gasteiger charge is -2.11. The Labute approximate surface area is 152 Å². The standard InChI is InChI=1S/C19H21N5S/c1-15-4-6-17(7-5-15)13-25-19-22-20-14-24(19)21-12-16-8-10-18(11-9-16)23(2)3/h4-12,14H,13H2,1-3H3/b21-12-. The van der Waals surface area contributed by atoms with Gasteiger partial charge in [-0.25, -0.2) is 0 Å². The Hall–Kier alpha value is -2.60. The number of thioether (sulfide) groups is 1. The van der Waals surface area contributed by atoms with Crippen molar-refractivity contribution < 1.29 is 0 Å². The van der Waals surface area contributed by atoms with Gasteiger partial charge in [-0.3, -0.25) is 0 Å². The predicted molar refractivity (Wildman–Crippen MR) is 105 cm³/mol. The number of aromatic nitrogens is 3. The van der Waals surface area contributed by atoms with Crippen molar-refractivity contribution in [3.05, 3.63) is 71.5 Å². The van der Waals surface area contributed by atoms with E-state index in [9.17, 15) is 0 Å². The minimum atomic E-state index is 0.779. The van der Waals surface area contributed by atoms with Crippen molar-refractivity contribution in [3.63, 3.8) is 0 Å². The van der Waals surface area contributed by atoms with Crippen LogP contribution in [0.15, 0.2) is 65.1 Å². The van der Waals surface area contributed by atoms with Gasteiger partial charge in [-0.05, 0) is 30.2 Å². The van der Waals surface area contributed by atoms with Crippen molar-refractivity contribution in [1.29, 1.82) is 0 Å². The summed E-state index contributed by atoms with van der Waals surface area (Å²) in [6.07, 6.45) is 3.45. The quantitative estimate of drug-likeness (QED) is 0.500. The summed E-state index contributed by atoms with van der Waals surface area (Å²) in [7, 11) is 4.05. The number of anilines is 1. The summed E-state index contributed by atoms with van der Waals surface area (Å²) in [4.78, 5) is 2.07. The number of aryl methyl sites for hydroxylation is 1. The summed E-state index contributed by atoms with van der Waals surface area (Å²) in [5.41, 5.74) is 4.72. The molecule has 6 heteroatoms. The summed E-state index contributed by atoms with van der Waals surface area (Å²) in [5, 5.41) is 13.4. The SMILES string of the molecule is Cc1ccc(CSc2nncn2/N=C\c2ccc(N(C)C)cc2)cc1. The molecule has 1 heterocycles. The third kappa shape index (κ3) is 4.70. The maximum atomic E-state index is 4.47. The smallest absolute Gasteiger partial charge is 0.212 e. The van der Waals surface area contributed by atoms with Crippen LogP contribution in [0.5, 0.6) is 0 Å². The average Bonchev–Trinajstić information content (AvgIpc) is 3.07. The first-order chi connectivity index (χ1) is 12.1. The topological polar surface area (TPSA) is 46.3 Å². The van der Waals surface area contributed by atoms with E-state index in [2.05, 4.69) is 63.5 Å². The second-order valence-corrected chi connectivity index (χ2v) is 6.91. The van der Waals surface area contributed by atoms with Crippen LogP contribution in [0.25, 0.3) is 0 Å². The van der Waals surface area contributed by atoms with Crippen LogP contribution in [0.3, 0.4) is 0 Å². The Morgan fingerprint density at radius 2 is 1.80 bits per heavy atom. The molecule has 0 N–H and O–H groups in total. The Bertz CT molecular complexity index is 835. The third-order valence-electron chi connectivity index (χ3n) is 3.73. The summed E-state index contributed by atoms with van der Waals surface area (Å²) in [5.74, 6) is 0.839. The minimum Gasteiger partial charge on any atom is -0.378 e. The van der Waals surface area contributed by atoms with Crippen LogP contribution < -0.4 is 4.90 Å². The molecule has 0 amide bonds. The fourth-order valence-corrected chi connectivity index (χ4v) is 3.03. The number of hydrogen-bond acceptors (Lipinski definition) is 5. The van der Waals surface area contributed by atoms with E-state index in [0.29, 0.717) is 0 Å². The van der Waals surface area contributed by atoms with Crippen LogP contribution in [0, 0.1) is 6.92 Å². The first-order valence-corrected chi connectivity index (χ1v) is 9.00. The molecule has 0 unspecified atom stereocenters. The number of hydrogen-bond donors (Lipinski definition) is 0. The van der Waals surface area contributed by atoms with E-state index in [1.165, 1.54) is 11.1 Å². The van der Waals surface area contributed by atoms with Crippen LogP contribution >= 0.6 is 11.8 Å². The van der Waals surface area contributed by atoms with Gasteiger partial charge in [0.1, 0.15) is 6.33 Å². The normalized spacial score (nSPS) is 11.2. The van der Waals surface area contributed by atoms with Gasteiger partial charge in [-0.1, -0.05) is 53.7 Å². The Kier molecular flexibility index (Phi) is 5.50.